The molecular formula is C64H37N3O2. The number of benzene rings is 10. The van der Waals surface area contributed by atoms with E-state index in [0.717, 1.165) is 82.8 Å². The van der Waals surface area contributed by atoms with E-state index < -0.39 is 5.41 Å². The fourth-order valence-corrected chi connectivity index (χ4v) is 11.5. The summed E-state index contributed by atoms with van der Waals surface area (Å²) in [6, 6.07) is 79.8. The molecule has 0 saturated carbocycles. The molecule has 0 fully saturated rings. The molecule has 13 aromatic rings. The number of aromatic nitrogens is 3. The second-order valence-corrected chi connectivity index (χ2v) is 18.2. The molecule has 3 heterocycles. The lowest BCUT2D eigenvalue weighted by Gasteiger charge is -2.30. The van der Waals surface area contributed by atoms with Gasteiger partial charge in [0.2, 0.25) is 0 Å². The molecule has 0 aliphatic heterocycles. The first-order valence-electron chi connectivity index (χ1n) is 23.4. The van der Waals surface area contributed by atoms with Crippen molar-refractivity contribution in [1.29, 1.82) is 0 Å². The summed E-state index contributed by atoms with van der Waals surface area (Å²) in [6.07, 6.45) is 0. The highest BCUT2D eigenvalue weighted by atomic mass is 16.3. The maximum atomic E-state index is 6.65. The Morgan fingerprint density at radius 1 is 0.261 bits per heavy atom. The van der Waals surface area contributed by atoms with Gasteiger partial charge in [0.15, 0.2) is 17.5 Å². The predicted molar refractivity (Wildman–Crippen MR) is 278 cm³/mol. The van der Waals surface area contributed by atoms with Gasteiger partial charge < -0.3 is 8.83 Å². The third kappa shape index (κ3) is 5.50. The zero-order valence-corrected chi connectivity index (χ0v) is 37.0. The molecule has 15 rings (SSSR count). The minimum Gasteiger partial charge on any atom is -0.456 e. The number of rotatable bonds is 5. The van der Waals surface area contributed by atoms with Crippen LogP contribution < -0.4 is 0 Å². The maximum absolute atomic E-state index is 6.65. The molecule has 2 aliphatic carbocycles. The molecule has 0 unspecified atom stereocenters. The lowest BCUT2D eigenvalue weighted by molar-refractivity contribution is 0.668. The third-order valence-electron chi connectivity index (χ3n) is 14.6. The highest BCUT2D eigenvalue weighted by molar-refractivity contribution is 6.13. The van der Waals surface area contributed by atoms with Crippen molar-refractivity contribution in [2.45, 2.75) is 5.41 Å². The SMILES string of the molecule is c1ccc(-c2ccc(-c3nc(-c4ccc5c(c4)oc4ccccc45)nc(-c4cccc5oc6ccc(-c7ccc8c(c7)C7(c9ccccc9-c9ccccc97)c7ccccc7-8)cc6c45)n3)cc2)cc1. The van der Waals surface area contributed by atoms with E-state index in [-0.39, 0.29) is 0 Å². The molecule has 69 heavy (non-hydrogen) atoms. The van der Waals surface area contributed by atoms with Gasteiger partial charge in [-0.05, 0) is 109 Å². The molecule has 3 aromatic heterocycles. The Morgan fingerprint density at radius 2 is 0.754 bits per heavy atom. The fourth-order valence-electron chi connectivity index (χ4n) is 11.5. The number of fused-ring (bicyclic) bond motifs is 16. The number of hydrogen-bond acceptors (Lipinski definition) is 5. The summed E-state index contributed by atoms with van der Waals surface area (Å²) < 4.78 is 13.0. The molecule has 5 nitrogen and oxygen atoms in total. The molecule has 0 saturated heterocycles. The summed E-state index contributed by atoms with van der Waals surface area (Å²) in [7, 11) is 0. The standard InChI is InChI=1S/C64H37N3O2/c1-2-13-38(14-3-1)39-25-27-40(28-26-39)61-65-62(43-30-33-49-48-18-7-11-23-56(48)69-59(49)37-43)67-63(66-61)50-19-12-24-58-60(50)51-35-41(31-34-57(51)68-58)42-29-32-47-46-17-6-10-22-54(46)64(55(47)36-42)52-20-8-4-15-44(52)45-16-5-9-21-53(45)64/h1-37H. The first-order valence-corrected chi connectivity index (χ1v) is 23.4. The summed E-state index contributed by atoms with van der Waals surface area (Å²) in [5.41, 5.74) is 20.3. The summed E-state index contributed by atoms with van der Waals surface area (Å²) in [4.78, 5) is 15.7. The lowest BCUT2D eigenvalue weighted by atomic mass is 9.70. The molecule has 0 amide bonds. The topological polar surface area (TPSA) is 65.0 Å². The molecule has 0 bridgehead atoms. The lowest BCUT2D eigenvalue weighted by Crippen LogP contribution is -2.25. The van der Waals surface area contributed by atoms with Gasteiger partial charge in [-0.3, -0.25) is 0 Å². The van der Waals surface area contributed by atoms with Crippen molar-refractivity contribution in [2.24, 2.45) is 0 Å². The van der Waals surface area contributed by atoms with Crippen LogP contribution in [0.4, 0.5) is 0 Å². The zero-order valence-electron chi connectivity index (χ0n) is 37.0. The normalized spacial score (nSPS) is 13.0. The molecule has 5 heteroatoms. The highest BCUT2D eigenvalue weighted by Gasteiger charge is 2.51. The van der Waals surface area contributed by atoms with Crippen molar-refractivity contribution in [3.05, 3.63) is 247 Å². The van der Waals surface area contributed by atoms with E-state index in [9.17, 15) is 0 Å². The van der Waals surface area contributed by atoms with Crippen molar-refractivity contribution in [1.82, 2.24) is 15.0 Å². The Labute approximate surface area is 396 Å². The summed E-state index contributed by atoms with van der Waals surface area (Å²) in [6.45, 7) is 0. The molecule has 0 N–H and O–H groups in total. The fraction of sp³-hybridized carbons (Fsp3) is 0.0156. The minimum absolute atomic E-state index is 0.431. The molecular weight excluding hydrogens is 843 g/mol. The molecule has 1 spiro atoms. The monoisotopic (exact) mass is 879 g/mol. The van der Waals surface area contributed by atoms with Crippen LogP contribution in [0.15, 0.2) is 233 Å². The van der Waals surface area contributed by atoms with E-state index in [1.807, 2.05) is 42.5 Å². The molecule has 0 radical (unpaired) electrons. The maximum Gasteiger partial charge on any atom is 0.164 e. The Morgan fingerprint density at radius 3 is 1.51 bits per heavy atom. The van der Waals surface area contributed by atoms with Crippen LogP contribution in [-0.2, 0) is 5.41 Å². The number of furan rings is 2. The van der Waals surface area contributed by atoms with Crippen LogP contribution >= 0.6 is 0 Å². The third-order valence-corrected chi connectivity index (χ3v) is 14.6. The van der Waals surface area contributed by atoms with Crippen molar-refractivity contribution in [3.8, 4) is 78.7 Å². The van der Waals surface area contributed by atoms with Gasteiger partial charge in [0.05, 0.1) is 5.41 Å². The quantitative estimate of drug-likeness (QED) is 0.172. The van der Waals surface area contributed by atoms with E-state index in [1.165, 1.54) is 44.5 Å². The zero-order chi connectivity index (χ0) is 45.2. The van der Waals surface area contributed by atoms with Crippen molar-refractivity contribution < 1.29 is 8.83 Å². The van der Waals surface area contributed by atoms with Gasteiger partial charge >= 0.3 is 0 Å². The highest BCUT2D eigenvalue weighted by Crippen LogP contribution is 2.63. The van der Waals surface area contributed by atoms with Crippen LogP contribution in [0.25, 0.3) is 123 Å². The summed E-state index contributed by atoms with van der Waals surface area (Å²) in [5, 5.41) is 4.07. The molecule has 320 valence electrons. The van der Waals surface area contributed by atoms with Crippen molar-refractivity contribution in [2.75, 3.05) is 0 Å². The molecule has 0 atom stereocenters. The van der Waals surface area contributed by atoms with Gasteiger partial charge in [-0.1, -0.05) is 182 Å². The first kappa shape index (κ1) is 38.0. The Kier molecular flexibility index (Phi) is 7.93. The first-order chi connectivity index (χ1) is 34.2. The van der Waals surface area contributed by atoms with Crippen LogP contribution in [-0.4, -0.2) is 15.0 Å². The van der Waals surface area contributed by atoms with E-state index in [4.69, 9.17) is 23.8 Å². The predicted octanol–water partition coefficient (Wildman–Crippen LogP) is 16.3. The summed E-state index contributed by atoms with van der Waals surface area (Å²) in [5.74, 6) is 1.69. The number of hydrogen-bond donors (Lipinski definition) is 0. The van der Waals surface area contributed by atoms with Crippen molar-refractivity contribution >= 4 is 43.9 Å². The van der Waals surface area contributed by atoms with E-state index in [1.54, 1.807) is 0 Å². The minimum atomic E-state index is -0.431. The molecule has 10 aromatic carbocycles. The largest absolute Gasteiger partial charge is 0.456 e. The Bertz CT molecular complexity index is 4200. The Hall–Kier alpha value is -9.19. The second kappa shape index (κ2) is 14.4. The van der Waals surface area contributed by atoms with Gasteiger partial charge in [-0.25, -0.2) is 15.0 Å². The van der Waals surface area contributed by atoms with Crippen LogP contribution in [0.3, 0.4) is 0 Å². The van der Waals surface area contributed by atoms with E-state index >= 15 is 0 Å². The Balaban J connectivity index is 0.905. The van der Waals surface area contributed by atoms with Crippen LogP contribution in [0.1, 0.15) is 22.3 Å². The number of nitrogens with zero attached hydrogens (tertiary/aromatic N) is 3. The van der Waals surface area contributed by atoms with Gasteiger partial charge in [-0.15, -0.1) is 0 Å². The van der Waals surface area contributed by atoms with Crippen LogP contribution in [0.2, 0.25) is 0 Å². The summed E-state index contributed by atoms with van der Waals surface area (Å²) >= 11 is 0. The average molecular weight is 880 g/mol. The van der Waals surface area contributed by atoms with E-state index in [0.29, 0.717) is 17.5 Å². The van der Waals surface area contributed by atoms with Gasteiger partial charge in [0.25, 0.3) is 0 Å². The second-order valence-electron chi connectivity index (χ2n) is 18.2. The van der Waals surface area contributed by atoms with Gasteiger partial charge in [0.1, 0.15) is 22.3 Å². The van der Waals surface area contributed by atoms with Crippen LogP contribution in [0, 0.1) is 0 Å². The molecule has 2 aliphatic rings. The van der Waals surface area contributed by atoms with E-state index in [2.05, 4.69) is 182 Å². The van der Waals surface area contributed by atoms with Crippen molar-refractivity contribution in [3.63, 3.8) is 0 Å². The van der Waals surface area contributed by atoms with Gasteiger partial charge in [-0.2, -0.15) is 0 Å². The average Bonchev–Trinajstić information content (AvgIpc) is 4.16. The number of para-hydroxylation sites is 1. The van der Waals surface area contributed by atoms with Gasteiger partial charge in [0, 0.05) is 38.2 Å². The smallest absolute Gasteiger partial charge is 0.164 e. The van der Waals surface area contributed by atoms with Crippen LogP contribution in [0.5, 0.6) is 0 Å².